The summed E-state index contributed by atoms with van der Waals surface area (Å²) in [6.07, 6.45) is 5.04. The quantitative estimate of drug-likeness (QED) is 0.751. The third kappa shape index (κ3) is 5.57. The number of amides is 1. The molecule has 3 rings (SSSR count). The van der Waals surface area contributed by atoms with Crippen LogP contribution < -0.4 is 5.32 Å². The smallest absolute Gasteiger partial charge is 0.277 e. The topological polar surface area (TPSA) is 71.3 Å². The van der Waals surface area contributed by atoms with Crippen molar-refractivity contribution < 1.29 is 9.21 Å². The molecule has 26 heavy (non-hydrogen) atoms. The molecule has 0 aliphatic carbocycles. The summed E-state index contributed by atoms with van der Waals surface area (Å²) in [5.74, 6) is 0.781. The van der Waals surface area contributed by atoms with E-state index < -0.39 is 0 Å². The van der Waals surface area contributed by atoms with Gasteiger partial charge < -0.3 is 9.73 Å². The molecule has 140 valence electrons. The highest BCUT2D eigenvalue weighted by atomic mass is 32.2. The number of benzene rings is 1. The van der Waals surface area contributed by atoms with Crippen LogP contribution in [0.5, 0.6) is 0 Å². The van der Waals surface area contributed by atoms with E-state index in [9.17, 15) is 4.79 Å². The van der Waals surface area contributed by atoms with Gasteiger partial charge in [0.15, 0.2) is 0 Å². The number of aromatic nitrogens is 2. The van der Waals surface area contributed by atoms with Crippen LogP contribution in [0.4, 0.5) is 0 Å². The van der Waals surface area contributed by atoms with Gasteiger partial charge in [-0.2, -0.15) is 0 Å². The van der Waals surface area contributed by atoms with Crippen molar-refractivity contribution in [2.24, 2.45) is 0 Å². The molecule has 1 aliphatic rings. The highest BCUT2D eigenvalue weighted by Gasteiger charge is 2.22. The Labute approximate surface area is 158 Å². The van der Waals surface area contributed by atoms with Crippen molar-refractivity contribution >= 4 is 17.7 Å². The zero-order chi connectivity index (χ0) is 18.2. The Kier molecular flexibility index (Phi) is 7.08. The van der Waals surface area contributed by atoms with Crippen LogP contribution in [0.2, 0.25) is 0 Å². The predicted octanol–water partition coefficient (Wildman–Crippen LogP) is 3.20. The molecule has 1 fully saturated rings. The Balaban J connectivity index is 1.57. The van der Waals surface area contributed by atoms with Crippen LogP contribution >= 0.6 is 11.8 Å². The van der Waals surface area contributed by atoms with Crippen LogP contribution in [-0.4, -0.2) is 46.4 Å². The van der Waals surface area contributed by atoms with Gasteiger partial charge in [-0.05, 0) is 31.5 Å². The highest BCUT2D eigenvalue weighted by molar-refractivity contribution is 7.99. The Morgan fingerprint density at radius 1 is 1.19 bits per heavy atom. The zero-order valence-corrected chi connectivity index (χ0v) is 16.0. The van der Waals surface area contributed by atoms with E-state index in [-0.39, 0.29) is 17.7 Å². The second kappa shape index (κ2) is 9.73. The third-order valence-electron chi connectivity index (χ3n) is 4.59. The first-order chi connectivity index (χ1) is 12.7. The number of likely N-dealkylation sites (tertiary alicyclic amines) is 1. The Hall–Kier alpha value is -1.86. The standard InChI is InChI=1S/C19H26N4O2S/c1-15-21-22-19(25-15)26-14-18(24)20-13-17(16-9-5-4-6-10-16)23-11-7-2-3-8-12-23/h4-6,9-10,17H,2-3,7-8,11-14H2,1H3,(H,20,24). The molecular weight excluding hydrogens is 348 g/mol. The maximum absolute atomic E-state index is 12.3. The minimum Gasteiger partial charge on any atom is -0.416 e. The molecule has 1 unspecified atom stereocenters. The molecule has 0 saturated carbocycles. The molecule has 1 N–H and O–H groups in total. The molecule has 0 radical (unpaired) electrons. The molecule has 0 bridgehead atoms. The van der Waals surface area contributed by atoms with Crippen molar-refractivity contribution in [2.75, 3.05) is 25.4 Å². The monoisotopic (exact) mass is 374 g/mol. The minimum absolute atomic E-state index is 0.0124. The van der Waals surface area contributed by atoms with E-state index in [2.05, 4.69) is 44.7 Å². The van der Waals surface area contributed by atoms with E-state index >= 15 is 0 Å². The number of thioether (sulfide) groups is 1. The molecule has 2 heterocycles. The number of hydrogen-bond donors (Lipinski definition) is 1. The van der Waals surface area contributed by atoms with Crippen LogP contribution in [0.15, 0.2) is 40.0 Å². The molecule has 1 amide bonds. The molecule has 7 heteroatoms. The number of aryl methyl sites for hydroxylation is 1. The van der Waals surface area contributed by atoms with Gasteiger partial charge in [-0.25, -0.2) is 0 Å². The van der Waals surface area contributed by atoms with E-state index in [0.717, 1.165) is 13.1 Å². The van der Waals surface area contributed by atoms with Crippen molar-refractivity contribution in [1.29, 1.82) is 0 Å². The van der Waals surface area contributed by atoms with Gasteiger partial charge in [0, 0.05) is 13.5 Å². The van der Waals surface area contributed by atoms with Gasteiger partial charge in [-0.1, -0.05) is 54.9 Å². The summed E-state index contributed by atoms with van der Waals surface area (Å²) in [5, 5.41) is 11.2. The molecular formula is C19H26N4O2S. The van der Waals surface area contributed by atoms with Gasteiger partial charge >= 0.3 is 0 Å². The average Bonchev–Trinajstić information content (AvgIpc) is 2.90. The van der Waals surface area contributed by atoms with E-state index in [1.165, 1.54) is 43.0 Å². The zero-order valence-electron chi connectivity index (χ0n) is 15.2. The Bertz CT molecular complexity index is 684. The molecule has 1 aromatic heterocycles. The lowest BCUT2D eigenvalue weighted by Crippen LogP contribution is -2.39. The summed E-state index contributed by atoms with van der Waals surface area (Å²) in [6.45, 7) is 4.53. The van der Waals surface area contributed by atoms with Crippen LogP contribution in [0.25, 0.3) is 0 Å². The van der Waals surface area contributed by atoms with Gasteiger partial charge in [-0.3, -0.25) is 9.69 Å². The van der Waals surface area contributed by atoms with E-state index in [1.54, 1.807) is 6.92 Å². The first kappa shape index (κ1) is 18.9. The highest BCUT2D eigenvalue weighted by Crippen LogP contribution is 2.24. The summed E-state index contributed by atoms with van der Waals surface area (Å²) in [5.41, 5.74) is 1.26. The van der Waals surface area contributed by atoms with E-state index in [4.69, 9.17) is 4.42 Å². The summed E-state index contributed by atoms with van der Waals surface area (Å²) >= 11 is 1.27. The lowest BCUT2D eigenvalue weighted by Gasteiger charge is -2.31. The molecule has 1 atom stereocenters. The first-order valence-corrected chi connectivity index (χ1v) is 10.2. The number of hydrogen-bond acceptors (Lipinski definition) is 6. The van der Waals surface area contributed by atoms with Gasteiger partial charge in [0.2, 0.25) is 11.8 Å². The fraction of sp³-hybridized carbons (Fsp3) is 0.526. The summed E-state index contributed by atoms with van der Waals surface area (Å²) in [4.78, 5) is 14.8. The van der Waals surface area contributed by atoms with Gasteiger partial charge in [0.05, 0.1) is 11.8 Å². The molecule has 2 aromatic rings. The number of nitrogens with one attached hydrogen (secondary N) is 1. The molecule has 0 spiro atoms. The summed E-state index contributed by atoms with van der Waals surface area (Å²) in [6, 6.07) is 10.7. The number of rotatable bonds is 7. The molecule has 6 nitrogen and oxygen atoms in total. The number of nitrogens with zero attached hydrogens (tertiary/aromatic N) is 3. The predicted molar refractivity (Wildman–Crippen MR) is 102 cm³/mol. The summed E-state index contributed by atoms with van der Waals surface area (Å²) in [7, 11) is 0. The van der Waals surface area contributed by atoms with Crippen molar-refractivity contribution in [3.05, 3.63) is 41.8 Å². The fourth-order valence-electron chi connectivity index (χ4n) is 3.27. The van der Waals surface area contributed by atoms with Crippen molar-refractivity contribution in [3.8, 4) is 0 Å². The van der Waals surface area contributed by atoms with E-state index in [1.807, 2.05) is 6.07 Å². The van der Waals surface area contributed by atoms with Gasteiger partial charge in [0.1, 0.15) is 0 Å². The fourth-order valence-corrected chi connectivity index (χ4v) is 3.90. The largest absolute Gasteiger partial charge is 0.416 e. The molecule has 1 aromatic carbocycles. The SMILES string of the molecule is Cc1nnc(SCC(=O)NCC(c2ccccc2)N2CCCCCC2)o1. The van der Waals surface area contributed by atoms with E-state index in [0.29, 0.717) is 17.7 Å². The molecule has 1 aliphatic heterocycles. The maximum Gasteiger partial charge on any atom is 0.277 e. The van der Waals surface area contributed by atoms with Crippen LogP contribution in [0, 0.1) is 6.92 Å². The van der Waals surface area contributed by atoms with Gasteiger partial charge in [0.25, 0.3) is 5.22 Å². The first-order valence-electron chi connectivity index (χ1n) is 9.21. The second-order valence-corrected chi connectivity index (χ2v) is 7.48. The lowest BCUT2D eigenvalue weighted by molar-refractivity contribution is -0.118. The Morgan fingerprint density at radius 2 is 1.92 bits per heavy atom. The normalized spacial score (nSPS) is 16.8. The minimum atomic E-state index is -0.0124. The van der Waals surface area contributed by atoms with Gasteiger partial charge in [-0.15, -0.1) is 10.2 Å². The summed E-state index contributed by atoms with van der Waals surface area (Å²) < 4.78 is 5.29. The Morgan fingerprint density at radius 3 is 2.58 bits per heavy atom. The average molecular weight is 375 g/mol. The number of carbonyl (C=O) groups is 1. The third-order valence-corrected chi connectivity index (χ3v) is 5.41. The second-order valence-electron chi connectivity index (χ2n) is 6.56. The van der Waals surface area contributed by atoms with Crippen molar-refractivity contribution in [3.63, 3.8) is 0 Å². The van der Waals surface area contributed by atoms with Crippen LogP contribution in [0.3, 0.4) is 0 Å². The van der Waals surface area contributed by atoms with Crippen LogP contribution in [0.1, 0.15) is 43.2 Å². The maximum atomic E-state index is 12.3. The molecule has 1 saturated heterocycles. The number of carbonyl (C=O) groups excluding carboxylic acids is 1. The van der Waals surface area contributed by atoms with Crippen LogP contribution in [-0.2, 0) is 4.79 Å². The van der Waals surface area contributed by atoms with Crippen molar-refractivity contribution in [1.82, 2.24) is 20.4 Å². The van der Waals surface area contributed by atoms with Crippen molar-refractivity contribution in [2.45, 2.75) is 43.9 Å². The lowest BCUT2D eigenvalue weighted by atomic mass is 10.0.